The number of benzene rings is 1. The SMILES string of the molecule is Cc1nc(NCCNS(=O)(=O)CCOc2ccccc2)cc(N2CCCC2)n1. The normalized spacial score (nSPS) is 14.2. The molecule has 1 aliphatic rings. The van der Waals surface area contributed by atoms with Crippen LogP contribution in [0.3, 0.4) is 0 Å². The minimum Gasteiger partial charge on any atom is -0.492 e. The Kier molecular flexibility index (Phi) is 7.05. The summed E-state index contributed by atoms with van der Waals surface area (Å²) in [6.45, 7) is 4.71. The highest BCUT2D eigenvalue weighted by Crippen LogP contribution is 2.20. The van der Waals surface area contributed by atoms with Crippen LogP contribution >= 0.6 is 0 Å². The average molecular weight is 406 g/mol. The highest BCUT2D eigenvalue weighted by Gasteiger charge is 2.15. The van der Waals surface area contributed by atoms with Crippen molar-refractivity contribution in [2.45, 2.75) is 19.8 Å². The molecule has 0 unspecified atom stereocenters. The summed E-state index contributed by atoms with van der Waals surface area (Å²) >= 11 is 0. The maximum Gasteiger partial charge on any atom is 0.215 e. The van der Waals surface area contributed by atoms with Crippen LogP contribution < -0.4 is 19.7 Å². The number of ether oxygens (including phenoxy) is 1. The molecule has 0 spiro atoms. The molecule has 0 amide bonds. The van der Waals surface area contributed by atoms with Crippen molar-refractivity contribution in [3.8, 4) is 5.75 Å². The first kappa shape index (κ1) is 20.3. The smallest absolute Gasteiger partial charge is 0.215 e. The Bertz CT molecular complexity index is 855. The first-order chi connectivity index (χ1) is 13.5. The minimum absolute atomic E-state index is 0.0897. The van der Waals surface area contributed by atoms with Crippen molar-refractivity contribution >= 4 is 21.7 Å². The van der Waals surface area contributed by atoms with Gasteiger partial charge in [0.05, 0.1) is 5.75 Å². The first-order valence-corrected chi connectivity index (χ1v) is 11.2. The number of hydrogen-bond donors (Lipinski definition) is 2. The zero-order valence-corrected chi connectivity index (χ0v) is 16.9. The Morgan fingerprint density at radius 3 is 2.61 bits per heavy atom. The molecule has 1 aliphatic heterocycles. The maximum atomic E-state index is 12.1. The van der Waals surface area contributed by atoms with Crippen LogP contribution in [0, 0.1) is 6.92 Å². The minimum atomic E-state index is -3.39. The van der Waals surface area contributed by atoms with Gasteiger partial charge in [-0.2, -0.15) is 0 Å². The molecule has 0 atom stereocenters. The zero-order chi connectivity index (χ0) is 19.8. The van der Waals surface area contributed by atoms with Crippen molar-refractivity contribution in [3.05, 3.63) is 42.2 Å². The molecule has 0 saturated carbocycles. The summed E-state index contributed by atoms with van der Waals surface area (Å²) in [5.74, 6) is 2.90. The number of anilines is 2. The molecule has 2 N–H and O–H groups in total. The largest absolute Gasteiger partial charge is 0.492 e. The molecule has 28 heavy (non-hydrogen) atoms. The van der Waals surface area contributed by atoms with E-state index in [4.69, 9.17) is 4.74 Å². The fraction of sp³-hybridized carbons (Fsp3) is 0.474. The number of para-hydroxylation sites is 1. The van der Waals surface area contributed by atoms with Crippen LogP contribution in [0.15, 0.2) is 36.4 Å². The van der Waals surface area contributed by atoms with E-state index in [1.807, 2.05) is 31.2 Å². The molecule has 0 bridgehead atoms. The topological polar surface area (TPSA) is 96.5 Å². The standard InChI is InChI=1S/C19H27N5O3S/c1-16-22-18(15-19(23-16)24-11-5-6-12-24)20-9-10-21-28(25,26)14-13-27-17-7-3-2-4-8-17/h2-4,7-8,15,21H,5-6,9-14H2,1H3,(H,20,22,23). The fourth-order valence-electron chi connectivity index (χ4n) is 3.01. The number of sulfonamides is 1. The third-order valence-corrected chi connectivity index (χ3v) is 5.72. The van der Waals surface area contributed by atoms with Crippen LogP contribution in [0.1, 0.15) is 18.7 Å². The third-order valence-electron chi connectivity index (χ3n) is 4.37. The molecule has 2 heterocycles. The third kappa shape index (κ3) is 6.35. The molecule has 1 fully saturated rings. The van der Waals surface area contributed by atoms with Crippen molar-refractivity contribution in [2.75, 3.05) is 48.8 Å². The summed E-state index contributed by atoms with van der Waals surface area (Å²) in [6.07, 6.45) is 2.36. The first-order valence-electron chi connectivity index (χ1n) is 9.51. The van der Waals surface area contributed by atoms with Crippen LogP contribution in [-0.2, 0) is 10.0 Å². The number of nitrogens with one attached hydrogen (secondary N) is 2. The van der Waals surface area contributed by atoms with Crippen molar-refractivity contribution in [1.29, 1.82) is 0 Å². The van der Waals surface area contributed by atoms with Crippen molar-refractivity contribution in [1.82, 2.24) is 14.7 Å². The molecule has 1 aromatic carbocycles. The lowest BCUT2D eigenvalue weighted by atomic mass is 10.3. The summed E-state index contributed by atoms with van der Waals surface area (Å²) in [6, 6.07) is 11.1. The Labute approximate surface area is 166 Å². The van der Waals surface area contributed by atoms with Crippen LogP contribution in [0.25, 0.3) is 0 Å². The lowest BCUT2D eigenvalue weighted by molar-refractivity contribution is 0.340. The second kappa shape index (κ2) is 9.70. The lowest BCUT2D eigenvalue weighted by Crippen LogP contribution is -2.32. The highest BCUT2D eigenvalue weighted by molar-refractivity contribution is 7.89. The van der Waals surface area contributed by atoms with Gasteiger partial charge in [0.15, 0.2) is 0 Å². The maximum absolute atomic E-state index is 12.1. The Morgan fingerprint density at radius 2 is 1.86 bits per heavy atom. The van der Waals surface area contributed by atoms with Crippen LogP contribution in [0.2, 0.25) is 0 Å². The molecule has 152 valence electrons. The van der Waals surface area contributed by atoms with Crippen LogP contribution in [0.4, 0.5) is 11.6 Å². The van der Waals surface area contributed by atoms with Gasteiger partial charge in [-0.15, -0.1) is 0 Å². The van der Waals surface area contributed by atoms with Gasteiger partial charge >= 0.3 is 0 Å². The zero-order valence-electron chi connectivity index (χ0n) is 16.1. The highest BCUT2D eigenvalue weighted by atomic mass is 32.2. The van der Waals surface area contributed by atoms with E-state index in [1.165, 1.54) is 12.8 Å². The van der Waals surface area contributed by atoms with Crippen LogP contribution in [-0.4, -0.2) is 56.9 Å². The Balaban J connectivity index is 1.41. The molecule has 8 nitrogen and oxygen atoms in total. The molecule has 1 saturated heterocycles. The van der Waals surface area contributed by atoms with Gasteiger partial charge in [-0.1, -0.05) is 18.2 Å². The predicted molar refractivity (Wildman–Crippen MR) is 110 cm³/mol. The van der Waals surface area contributed by atoms with Gasteiger partial charge in [-0.3, -0.25) is 0 Å². The van der Waals surface area contributed by atoms with Gasteiger partial charge in [0, 0.05) is 32.2 Å². The number of aryl methyl sites for hydroxylation is 1. The van der Waals surface area contributed by atoms with E-state index in [1.54, 1.807) is 12.1 Å². The van der Waals surface area contributed by atoms with E-state index >= 15 is 0 Å². The predicted octanol–water partition coefficient (Wildman–Crippen LogP) is 1.80. The second-order valence-corrected chi connectivity index (χ2v) is 8.58. The van der Waals surface area contributed by atoms with E-state index in [0.29, 0.717) is 23.9 Å². The number of aromatic nitrogens is 2. The van der Waals surface area contributed by atoms with Crippen molar-refractivity contribution in [2.24, 2.45) is 0 Å². The molecule has 0 aliphatic carbocycles. The summed E-state index contributed by atoms with van der Waals surface area (Å²) in [5, 5.41) is 3.17. The monoisotopic (exact) mass is 405 g/mol. The van der Waals surface area contributed by atoms with Gasteiger partial charge in [-0.05, 0) is 31.9 Å². The Hall–Kier alpha value is -2.39. The number of nitrogens with zero attached hydrogens (tertiary/aromatic N) is 3. The lowest BCUT2D eigenvalue weighted by Gasteiger charge is -2.17. The molecule has 3 rings (SSSR count). The molecular weight excluding hydrogens is 378 g/mol. The van der Waals surface area contributed by atoms with Crippen molar-refractivity contribution in [3.63, 3.8) is 0 Å². The van der Waals surface area contributed by atoms with Crippen LogP contribution in [0.5, 0.6) is 5.75 Å². The van der Waals surface area contributed by atoms with Gasteiger partial charge in [0.2, 0.25) is 10.0 Å². The molecular formula is C19H27N5O3S. The molecule has 0 radical (unpaired) electrons. The number of hydrogen-bond acceptors (Lipinski definition) is 7. The van der Waals surface area contributed by atoms with E-state index in [0.717, 1.165) is 18.9 Å². The quantitative estimate of drug-likeness (QED) is 0.582. The van der Waals surface area contributed by atoms with E-state index in [2.05, 4.69) is 24.9 Å². The van der Waals surface area contributed by atoms with Gasteiger partial charge in [0.25, 0.3) is 0 Å². The van der Waals surface area contributed by atoms with Gasteiger partial charge in [-0.25, -0.2) is 23.1 Å². The second-order valence-electron chi connectivity index (χ2n) is 6.65. The fourth-order valence-corrected chi connectivity index (χ4v) is 3.87. The summed E-state index contributed by atoms with van der Waals surface area (Å²) in [7, 11) is -3.39. The van der Waals surface area contributed by atoms with E-state index in [-0.39, 0.29) is 18.9 Å². The summed E-state index contributed by atoms with van der Waals surface area (Å²) in [5.41, 5.74) is 0. The van der Waals surface area contributed by atoms with E-state index in [9.17, 15) is 8.42 Å². The molecule has 9 heteroatoms. The average Bonchev–Trinajstić information content (AvgIpc) is 3.20. The number of rotatable bonds is 10. The van der Waals surface area contributed by atoms with Crippen molar-refractivity contribution < 1.29 is 13.2 Å². The Morgan fingerprint density at radius 1 is 1.11 bits per heavy atom. The molecule has 1 aromatic heterocycles. The van der Waals surface area contributed by atoms with Gasteiger partial charge < -0.3 is 15.0 Å². The summed E-state index contributed by atoms with van der Waals surface area (Å²) in [4.78, 5) is 11.1. The van der Waals surface area contributed by atoms with E-state index < -0.39 is 10.0 Å². The van der Waals surface area contributed by atoms with Gasteiger partial charge in [0.1, 0.15) is 29.8 Å². The summed E-state index contributed by atoms with van der Waals surface area (Å²) < 4.78 is 32.1. The molecule has 2 aromatic rings.